The number of nitrogens with zero attached hydrogens (tertiary/aromatic N) is 2. The molecule has 4 heteroatoms. The third kappa shape index (κ3) is 1.96. The van der Waals surface area contributed by atoms with Gasteiger partial charge in [-0.3, -0.25) is 0 Å². The van der Waals surface area contributed by atoms with E-state index < -0.39 is 0 Å². The highest BCUT2D eigenvalue weighted by atomic mass is 16.3. The van der Waals surface area contributed by atoms with Crippen LogP contribution in [0.4, 0.5) is 0 Å². The van der Waals surface area contributed by atoms with Gasteiger partial charge < -0.3 is 0 Å². The molecule has 0 saturated carbocycles. The first kappa shape index (κ1) is 9.03. The lowest BCUT2D eigenvalue weighted by atomic mass is 9.77. The fourth-order valence-corrected chi connectivity index (χ4v) is 1.55. The first-order valence-corrected chi connectivity index (χ1v) is 4.06. The van der Waals surface area contributed by atoms with Gasteiger partial charge in [0.1, 0.15) is 0 Å². The molecule has 0 aromatic rings. The van der Waals surface area contributed by atoms with E-state index in [2.05, 4.69) is 16.4 Å². The highest BCUT2D eigenvalue weighted by Crippen LogP contribution is 2.33. The average Bonchev–Trinajstić information content (AvgIpc) is 2.07. The lowest BCUT2D eigenvalue weighted by Crippen LogP contribution is -2.28. The molecule has 0 unspecified atom stereocenters. The van der Waals surface area contributed by atoms with E-state index in [-0.39, 0.29) is 18.5 Å². The lowest BCUT2D eigenvalue weighted by Gasteiger charge is -2.29. The first-order valence-electron chi connectivity index (χ1n) is 4.06. The summed E-state index contributed by atoms with van der Waals surface area (Å²) < 4.78 is 0. The predicted octanol–water partition coefficient (Wildman–Crippen LogP) is 2.25. The van der Waals surface area contributed by atoms with Gasteiger partial charge in [0.15, 0.2) is 0 Å². The minimum Gasteiger partial charge on any atom is -0.151 e. The highest BCUT2D eigenvalue weighted by molar-refractivity contribution is 4.99. The third-order valence-corrected chi connectivity index (χ3v) is 2.36. The molecule has 0 aromatic heterocycles. The summed E-state index contributed by atoms with van der Waals surface area (Å²) in [5, 5.41) is 5.73. The Bertz CT molecular complexity index is 191. The van der Waals surface area contributed by atoms with Crippen LogP contribution in [0.5, 0.6) is 0 Å². The van der Waals surface area contributed by atoms with Gasteiger partial charge >= 0.3 is 0 Å². The Labute approximate surface area is 71.0 Å². The van der Waals surface area contributed by atoms with Gasteiger partial charge in [0, 0.05) is 5.41 Å². The Kier molecular flexibility index (Phi) is 3.08. The van der Waals surface area contributed by atoms with Gasteiger partial charge in [-0.2, -0.15) is 9.81 Å². The smallest absolute Gasteiger partial charge is 0.0889 e. The van der Waals surface area contributed by atoms with E-state index in [4.69, 9.17) is 0 Å². The molecule has 0 bridgehead atoms. The van der Waals surface area contributed by atoms with Crippen molar-refractivity contribution in [2.24, 2.45) is 15.8 Å². The Morgan fingerprint density at radius 1 is 1.17 bits per heavy atom. The van der Waals surface area contributed by atoms with Crippen molar-refractivity contribution in [1.82, 2.24) is 0 Å². The van der Waals surface area contributed by atoms with Gasteiger partial charge in [0.25, 0.3) is 0 Å². The molecule has 0 N–H and O–H groups in total. The van der Waals surface area contributed by atoms with Crippen molar-refractivity contribution in [3.63, 3.8) is 0 Å². The number of rotatable bonds is 4. The molecule has 0 radical (unpaired) electrons. The predicted molar refractivity (Wildman–Crippen MR) is 46.7 cm³/mol. The molecule has 1 rings (SSSR count). The zero-order valence-corrected chi connectivity index (χ0v) is 6.90. The first-order chi connectivity index (χ1) is 5.83. The summed E-state index contributed by atoms with van der Waals surface area (Å²) in [6, 6.07) is 0. The van der Waals surface area contributed by atoms with Gasteiger partial charge in [-0.1, -0.05) is 22.5 Å². The van der Waals surface area contributed by atoms with Gasteiger partial charge in [-0.05, 0) is 19.3 Å². The van der Waals surface area contributed by atoms with Gasteiger partial charge in [0.2, 0.25) is 0 Å². The SMILES string of the molecule is O=NCC1(CN=O)CC=CCC1. The van der Waals surface area contributed by atoms with Crippen molar-refractivity contribution < 1.29 is 0 Å². The third-order valence-electron chi connectivity index (χ3n) is 2.36. The summed E-state index contributed by atoms with van der Waals surface area (Å²) in [7, 11) is 0. The monoisotopic (exact) mass is 168 g/mol. The highest BCUT2D eigenvalue weighted by Gasteiger charge is 2.31. The van der Waals surface area contributed by atoms with E-state index in [1.54, 1.807) is 0 Å². The Hall–Kier alpha value is -1.06. The number of allylic oxidation sites excluding steroid dienone is 2. The van der Waals surface area contributed by atoms with Crippen LogP contribution in [0.3, 0.4) is 0 Å². The van der Waals surface area contributed by atoms with Crippen molar-refractivity contribution >= 4 is 0 Å². The van der Waals surface area contributed by atoms with Gasteiger partial charge in [0.05, 0.1) is 13.1 Å². The number of hydrogen-bond acceptors (Lipinski definition) is 4. The summed E-state index contributed by atoms with van der Waals surface area (Å²) in [5.74, 6) is 0. The molecular weight excluding hydrogens is 156 g/mol. The molecule has 0 saturated heterocycles. The van der Waals surface area contributed by atoms with E-state index in [9.17, 15) is 9.81 Å². The normalized spacial score (nSPS) is 20.3. The minimum absolute atomic E-state index is 0.211. The van der Waals surface area contributed by atoms with Crippen LogP contribution in [-0.2, 0) is 0 Å². The molecular formula is C8H12N2O2. The molecule has 0 aliphatic heterocycles. The van der Waals surface area contributed by atoms with Crippen molar-refractivity contribution in [2.75, 3.05) is 13.1 Å². The van der Waals surface area contributed by atoms with Crippen LogP contribution in [0.15, 0.2) is 22.5 Å². The number of hydrogen-bond donors (Lipinski definition) is 0. The van der Waals surface area contributed by atoms with E-state index in [0.29, 0.717) is 0 Å². The standard InChI is InChI=1S/C8H12N2O2/c11-9-6-8(7-10-12)4-2-1-3-5-8/h1-2H,3-7H2. The summed E-state index contributed by atoms with van der Waals surface area (Å²) >= 11 is 0. The molecule has 1 aliphatic carbocycles. The molecule has 0 heterocycles. The summed E-state index contributed by atoms with van der Waals surface area (Å²) in [5.41, 5.74) is -0.266. The van der Waals surface area contributed by atoms with Crippen LogP contribution in [0.1, 0.15) is 19.3 Å². The van der Waals surface area contributed by atoms with Crippen LogP contribution < -0.4 is 0 Å². The van der Waals surface area contributed by atoms with E-state index in [0.717, 1.165) is 19.3 Å². The second-order valence-electron chi connectivity index (χ2n) is 3.29. The average molecular weight is 168 g/mol. The maximum absolute atomic E-state index is 10.1. The van der Waals surface area contributed by atoms with Crippen LogP contribution in [0, 0.1) is 15.2 Å². The lowest BCUT2D eigenvalue weighted by molar-refractivity contribution is 0.280. The van der Waals surface area contributed by atoms with E-state index >= 15 is 0 Å². The Balaban J connectivity index is 2.63. The topological polar surface area (TPSA) is 58.9 Å². The van der Waals surface area contributed by atoms with Crippen LogP contribution in [0.2, 0.25) is 0 Å². The molecule has 0 aromatic carbocycles. The molecule has 4 nitrogen and oxygen atoms in total. The zero-order valence-electron chi connectivity index (χ0n) is 6.90. The second kappa shape index (κ2) is 4.09. The van der Waals surface area contributed by atoms with Crippen LogP contribution >= 0.6 is 0 Å². The second-order valence-corrected chi connectivity index (χ2v) is 3.29. The largest absolute Gasteiger partial charge is 0.151 e. The van der Waals surface area contributed by atoms with Crippen molar-refractivity contribution in [3.05, 3.63) is 22.0 Å². The molecule has 66 valence electrons. The molecule has 0 atom stereocenters. The Morgan fingerprint density at radius 2 is 1.83 bits per heavy atom. The van der Waals surface area contributed by atoms with Gasteiger partial charge in [-0.25, -0.2) is 0 Å². The summed E-state index contributed by atoms with van der Waals surface area (Å²) in [4.78, 5) is 20.3. The maximum atomic E-state index is 10.1. The molecule has 0 fully saturated rings. The van der Waals surface area contributed by atoms with E-state index in [1.807, 2.05) is 6.08 Å². The fraction of sp³-hybridized carbons (Fsp3) is 0.750. The van der Waals surface area contributed by atoms with E-state index in [1.165, 1.54) is 0 Å². The summed E-state index contributed by atoms with van der Waals surface area (Å²) in [6.45, 7) is 0.423. The van der Waals surface area contributed by atoms with Gasteiger partial charge in [-0.15, -0.1) is 0 Å². The van der Waals surface area contributed by atoms with Crippen molar-refractivity contribution in [2.45, 2.75) is 19.3 Å². The van der Waals surface area contributed by atoms with Crippen LogP contribution in [0.25, 0.3) is 0 Å². The summed E-state index contributed by atoms with van der Waals surface area (Å²) in [6.07, 6.45) is 6.59. The minimum atomic E-state index is -0.266. The zero-order chi connectivity index (χ0) is 8.86. The van der Waals surface area contributed by atoms with Crippen LogP contribution in [-0.4, -0.2) is 13.1 Å². The molecule has 0 amide bonds. The van der Waals surface area contributed by atoms with Crippen molar-refractivity contribution in [3.8, 4) is 0 Å². The molecule has 0 spiro atoms. The number of nitroso groups, excluding NO2 is 2. The maximum Gasteiger partial charge on any atom is 0.0889 e. The van der Waals surface area contributed by atoms with Crippen molar-refractivity contribution in [1.29, 1.82) is 0 Å². The Morgan fingerprint density at radius 3 is 2.25 bits per heavy atom. The molecule has 12 heavy (non-hydrogen) atoms. The fourth-order valence-electron chi connectivity index (χ4n) is 1.55. The molecule has 1 aliphatic rings. The quantitative estimate of drug-likeness (QED) is 0.477.